The van der Waals surface area contributed by atoms with Gasteiger partial charge in [0, 0.05) is 4.90 Å². The second-order valence-corrected chi connectivity index (χ2v) is 4.33. The molecular formula is C12H17ClFNO2S. The van der Waals surface area contributed by atoms with Crippen LogP contribution < -0.4 is 5.73 Å². The van der Waals surface area contributed by atoms with Crippen molar-refractivity contribution in [2.45, 2.75) is 24.0 Å². The summed E-state index contributed by atoms with van der Waals surface area (Å²) in [7, 11) is 0. The summed E-state index contributed by atoms with van der Waals surface area (Å²) in [4.78, 5) is 12.3. The summed E-state index contributed by atoms with van der Waals surface area (Å²) in [6, 6.07) is 6.16. The molecule has 2 atom stereocenters. The van der Waals surface area contributed by atoms with Crippen molar-refractivity contribution >= 4 is 30.1 Å². The molecule has 0 aromatic heterocycles. The fourth-order valence-corrected chi connectivity index (χ4v) is 1.77. The molecule has 0 spiro atoms. The third-order valence-corrected chi connectivity index (χ3v) is 3.07. The standard InChI is InChI=1S/C12H16FNO2S.ClH/c1-3-16-12(15)10(13)11(14)8-4-6-9(17-2)7-5-8;/h4-7,10-11H,3,14H2,1-2H3;1H/t10?,11-;/m0./s1. The number of ether oxygens (including phenoxy) is 1. The highest BCUT2D eigenvalue weighted by Gasteiger charge is 2.27. The van der Waals surface area contributed by atoms with Gasteiger partial charge in [-0.3, -0.25) is 0 Å². The number of halogens is 2. The third kappa shape index (κ3) is 4.48. The van der Waals surface area contributed by atoms with Gasteiger partial charge in [-0.1, -0.05) is 12.1 Å². The summed E-state index contributed by atoms with van der Waals surface area (Å²) in [6.45, 7) is 1.78. The first-order valence-corrected chi connectivity index (χ1v) is 6.52. The molecule has 1 unspecified atom stereocenters. The maximum absolute atomic E-state index is 13.6. The SMILES string of the molecule is CCOC(=O)C(F)[C@@H](N)c1ccc(SC)cc1.Cl. The Kier molecular flexibility index (Phi) is 7.98. The molecule has 6 heteroatoms. The van der Waals surface area contributed by atoms with Crippen molar-refractivity contribution in [1.29, 1.82) is 0 Å². The predicted octanol–water partition coefficient (Wildman–Crippen LogP) is 2.73. The van der Waals surface area contributed by atoms with Gasteiger partial charge in [-0.05, 0) is 30.9 Å². The van der Waals surface area contributed by atoms with Crippen LogP contribution in [0.3, 0.4) is 0 Å². The van der Waals surface area contributed by atoms with Gasteiger partial charge in [0.15, 0.2) is 0 Å². The lowest BCUT2D eigenvalue weighted by Gasteiger charge is -2.16. The molecule has 0 amide bonds. The lowest BCUT2D eigenvalue weighted by atomic mass is 10.0. The number of hydrogen-bond acceptors (Lipinski definition) is 4. The minimum Gasteiger partial charge on any atom is -0.464 e. The summed E-state index contributed by atoms with van der Waals surface area (Å²) in [5, 5.41) is 0. The van der Waals surface area contributed by atoms with Crippen LogP contribution in [0.2, 0.25) is 0 Å². The highest BCUT2D eigenvalue weighted by molar-refractivity contribution is 7.98. The molecular weight excluding hydrogens is 277 g/mol. The van der Waals surface area contributed by atoms with Crippen molar-refractivity contribution in [2.24, 2.45) is 5.73 Å². The molecule has 0 bridgehead atoms. The monoisotopic (exact) mass is 293 g/mol. The maximum Gasteiger partial charge on any atom is 0.342 e. The Morgan fingerprint density at radius 1 is 1.44 bits per heavy atom. The quantitative estimate of drug-likeness (QED) is 0.670. The van der Waals surface area contributed by atoms with E-state index in [-0.39, 0.29) is 19.0 Å². The molecule has 0 saturated carbocycles. The Labute approximate surface area is 117 Å². The van der Waals surface area contributed by atoms with Crippen LogP contribution >= 0.6 is 24.2 Å². The van der Waals surface area contributed by atoms with Gasteiger partial charge in [0.05, 0.1) is 12.6 Å². The van der Waals surface area contributed by atoms with E-state index in [2.05, 4.69) is 4.74 Å². The van der Waals surface area contributed by atoms with Crippen molar-refractivity contribution in [1.82, 2.24) is 0 Å². The number of carbonyl (C=O) groups is 1. The number of nitrogens with two attached hydrogens (primary N) is 1. The van der Waals surface area contributed by atoms with Gasteiger partial charge in [-0.25, -0.2) is 9.18 Å². The molecule has 0 aliphatic carbocycles. The van der Waals surface area contributed by atoms with Crippen LogP contribution in [0.25, 0.3) is 0 Å². The van der Waals surface area contributed by atoms with Crippen molar-refractivity contribution in [2.75, 3.05) is 12.9 Å². The summed E-state index contributed by atoms with van der Waals surface area (Å²) >= 11 is 1.59. The largest absolute Gasteiger partial charge is 0.464 e. The topological polar surface area (TPSA) is 52.3 Å². The van der Waals surface area contributed by atoms with Crippen LogP contribution in [0.1, 0.15) is 18.5 Å². The van der Waals surface area contributed by atoms with Gasteiger partial charge in [-0.15, -0.1) is 24.2 Å². The molecule has 0 heterocycles. The van der Waals surface area contributed by atoms with E-state index in [1.54, 1.807) is 30.8 Å². The number of carbonyl (C=O) groups excluding carboxylic acids is 1. The van der Waals surface area contributed by atoms with E-state index in [0.29, 0.717) is 5.56 Å². The molecule has 1 aromatic carbocycles. The zero-order chi connectivity index (χ0) is 12.8. The number of alkyl halides is 1. The highest BCUT2D eigenvalue weighted by Crippen LogP contribution is 2.21. The number of esters is 1. The number of hydrogen-bond donors (Lipinski definition) is 1. The molecule has 0 radical (unpaired) electrons. The second kappa shape index (κ2) is 8.34. The molecule has 1 rings (SSSR count). The van der Waals surface area contributed by atoms with E-state index in [0.717, 1.165) is 4.90 Å². The molecule has 3 nitrogen and oxygen atoms in total. The van der Waals surface area contributed by atoms with E-state index >= 15 is 0 Å². The molecule has 18 heavy (non-hydrogen) atoms. The van der Waals surface area contributed by atoms with Crippen molar-refractivity contribution in [3.63, 3.8) is 0 Å². The maximum atomic E-state index is 13.6. The van der Waals surface area contributed by atoms with Gasteiger partial charge in [-0.2, -0.15) is 0 Å². The Hall–Kier alpha value is -0.780. The summed E-state index contributed by atoms with van der Waals surface area (Å²) in [6.07, 6.45) is 0.126. The minimum absolute atomic E-state index is 0. The fourth-order valence-electron chi connectivity index (χ4n) is 1.36. The molecule has 0 aliphatic rings. The van der Waals surface area contributed by atoms with Gasteiger partial charge in [0.25, 0.3) is 0 Å². The Morgan fingerprint density at radius 2 is 2.00 bits per heavy atom. The average molecular weight is 294 g/mol. The first-order valence-electron chi connectivity index (χ1n) is 5.30. The van der Waals surface area contributed by atoms with Crippen molar-refractivity contribution in [3.05, 3.63) is 29.8 Å². The molecule has 1 aromatic rings. The summed E-state index contributed by atoms with van der Waals surface area (Å²) in [5.41, 5.74) is 6.27. The van der Waals surface area contributed by atoms with E-state index in [4.69, 9.17) is 5.73 Å². The van der Waals surface area contributed by atoms with Crippen molar-refractivity contribution < 1.29 is 13.9 Å². The smallest absolute Gasteiger partial charge is 0.342 e. The first kappa shape index (κ1) is 17.2. The van der Waals surface area contributed by atoms with Crippen molar-refractivity contribution in [3.8, 4) is 0 Å². The molecule has 0 fully saturated rings. The zero-order valence-electron chi connectivity index (χ0n) is 10.3. The predicted molar refractivity (Wildman–Crippen MR) is 73.9 cm³/mol. The van der Waals surface area contributed by atoms with Crippen LogP contribution in [0.4, 0.5) is 4.39 Å². The van der Waals surface area contributed by atoms with E-state index < -0.39 is 18.2 Å². The normalized spacial score (nSPS) is 13.3. The van der Waals surface area contributed by atoms with E-state index in [1.807, 2.05) is 18.4 Å². The summed E-state index contributed by atoms with van der Waals surface area (Å²) in [5.74, 6) is -0.908. The first-order chi connectivity index (χ1) is 8.10. The van der Waals surface area contributed by atoms with Crippen LogP contribution in [0, 0.1) is 0 Å². The van der Waals surface area contributed by atoms with Gasteiger partial charge >= 0.3 is 5.97 Å². The molecule has 0 aliphatic heterocycles. The second-order valence-electron chi connectivity index (χ2n) is 3.45. The Bertz CT molecular complexity index is 375. The highest BCUT2D eigenvalue weighted by atomic mass is 35.5. The summed E-state index contributed by atoms with van der Waals surface area (Å²) < 4.78 is 18.2. The fraction of sp³-hybridized carbons (Fsp3) is 0.417. The van der Waals surface area contributed by atoms with Crippen LogP contribution in [0.5, 0.6) is 0 Å². The molecule has 2 N–H and O–H groups in total. The zero-order valence-corrected chi connectivity index (χ0v) is 11.9. The Morgan fingerprint density at radius 3 is 2.44 bits per heavy atom. The number of benzene rings is 1. The van der Waals surface area contributed by atoms with Crippen LogP contribution in [-0.4, -0.2) is 25.0 Å². The average Bonchev–Trinajstić information content (AvgIpc) is 2.37. The molecule has 102 valence electrons. The van der Waals surface area contributed by atoms with Gasteiger partial charge in [0.1, 0.15) is 0 Å². The Balaban J connectivity index is 0.00000289. The third-order valence-electron chi connectivity index (χ3n) is 2.33. The lowest BCUT2D eigenvalue weighted by molar-refractivity contribution is -0.149. The minimum atomic E-state index is -1.82. The van der Waals surface area contributed by atoms with E-state index in [9.17, 15) is 9.18 Å². The van der Waals surface area contributed by atoms with Crippen LogP contribution in [0.15, 0.2) is 29.2 Å². The van der Waals surface area contributed by atoms with E-state index in [1.165, 1.54) is 0 Å². The lowest BCUT2D eigenvalue weighted by Crippen LogP contribution is -2.31. The molecule has 0 saturated heterocycles. The number of rotatable bonds is 5. The van der Waals surface area contributed by atoms with Crippen LogP contribution in [-0.2, 0) is 9.53 Å². The van der Waals surface area contributed by atoms with Gasteiger partial charge < -0.3 is 10.5 Å². The van der Waals surface area contributed by atoms with Gasteiger partial charge in [0.2, 0.25) is 6.17 Å². The number of thioether (sulfide) groups is 1.